The first-order chi connectivity index (χ1) is 7.06. The van der Waals surface area contributed by atoms with Crippen LogP contribution < -0.4 is 5.73 Å². The summed E-state index contributed by atoms with van der Waals surface area (Å²) >= 11 is 3.44. The standard InChI is InChI=1S/C12H19BrN2/c1-4-11(14)12(15(2)3)9-5-7-10(13)8-6-9/h5-8,11-12H,4,14H2,1-3H3. The molecule has 1 aromatic carbocycles. The predicted molar refractivity (Wildman–Crippen MR) is 68.8 cm³/mol. The third-order valence-corrected chi connectivity index (χ3v) is 3.17. The van der Waals surface area contributed by atoms with E-state index in [1.807, 2.05) is 0 Å². The molecule has 0 fully saturated rings. The van der Waals surface area contributed by atoms with Gasteiger partial charge in [-0.3, -0.25) is 0 Å². The molecule has 2 unspecified atom stereocenters. The topological polar surface area (TPSA) is 29.3 Å². The van der Waals surface area contributed by atoms with Crippen molar-refractivity contribution in [1.82, 2.24) is 4.90 Å². The Morgan fingerprint density at radius 3 is 2.20 bits per heavy atom. The van der Waals surface area contributed by atoms with Gasteiger partial charge in [0.1, 0.15) is 0 Å². The summed E-state index contributed by atoms with van der Waals surface area (Å²) in [5.74, 6) is 0. The van der Waals surface area contributed by atoms with Crippen molar-refractivity contribution in [2.75, 3.05) is 14.1 Å². The van der Waals surface area contributed by atoms with E-state index in [0.717, 1.165) is 10.9 Å². The van der Waals surface area contributed by atoms with Gasteiger partial charge in [0.2, 0.25) is 0 Å². The van der Waals surface area contributed by atoms with Crippen LogP contribution in [-0.2, 0) is 0 Å². The van der Waals surface area contributed by atoms with E-state index in [2.05, 4.69) is 66.1 Å². The fourth-order valence-electron chi connectivity index (χ4n) is 1.81. The minimum atomic E-state index is 0.182. The van der Waals surface area contributed by atoms with E-state index in [-0.39, 0.29) is 6.04 Å². The summed E-state index contributed by atoms with van der Waals surface area (Å²) in [6, 6.07) is 8.86. The summed E-state index contributed by atoms with van der Waals surface area (Å²) in [5, 5.41) is 0. The Morgan fingerprint density at radius 1 is 1.27 bits per heavy atom. The number of nitrogens with zero attached hydrogens (tertiary/aromatic N) is 1. The lowest BCUT2D eigenvalue weighted by atomic mass is 9.97. The Kier molecular flexibility index (Phi) is 4.77. The van der Waals surface area contributed by atoms with Gasteiger partial charge in [-0.25, -0.2) is 0 Å². The molecule has 0 radical (unpaired) electrons. The zero-order valence-corrected chi connectivity index (χ0v) is 11.2. The molecule has 0 heterocycles. The number of benzene rings is 1. The summed E-state index contributed by atoms with van der Waals surface area (Å²) in [4.78, 5) is 2.18. The van der Waals surface area contributed by atoms with Gasteiger partial charge in [0.05, 0.1) is 0 Å². The lowest BCUT2D eigenvalue weighted by Crippen LogP contribution is -2.36. The van der Waals surface area contributed by atoms with Crippen molar-refractivity contribution in [3.05, 3.63) is 34.3 Å². The monoisotopic (exact) mass is 270 g/mol. The summed E-state index contributed by atoms with van der Waals surface area (Å²) < 4.78 is 1.11. The largest absolute Gasteiger partial charge is 0.326 e. The molecule has 0 saturated carbocycles. The van der Waals surface area contributed by atoms with E-state index < -0.39 is 0 Å². The van der Waals surface area contributed by atoms with Crippen LogP contribution in [0.1, 0.15) is 24.9 Å². The number of hydrogen-bond acceptors (Lipinski definition) is 2. The van der Waals surface area contributed by atoms with Crippen LogP contribution in [0.4, 0.5) is 0 Å². The number of rotatable bonds is 4. The van der Waals surface area contributed by atoms with Crippen molar-refractivity contribution in [3.8, 4) is 0 Å². The van der Waals surface area contributed by atoms with Crippen LogP contribution >= 0.6 is 15.9 Å². The fraction of sp³-hybridized carbons (Fsp3) is 0.500. The second-order valence-electron chi connectivity index (χ2n) is 4.03. The Morgan fingerprint density at radius 2 is 1.80 bits per heavy atom. The van der Waals surface area contributed by atoms with E-state index in [0.29, 0.717) is 6.04 Å². The Hall–Kier alpha value is -0.380. The Bertz CT molecular complexity index is 295. The maximum absolute atomic E-state index is 6.13. The molecular weight excluding hydrogens is 252 g/mol. The number of nitrogens with two attached hydrogens (primary N) is 1. The van der Waals surface area contributed by atoms with Gasteiger partial charge in [0.15, 0.2) is 0 Å². The van der Waals surface area contributed by atoms with Crippen molar-refractivity contribution in [3.63, 3.8) is 0 Å². The highest BCUT2D eigenvalue weighted by Crippen LogP contribution is 2.24. The van der Waals surface area contributed by atoms with Gasteiger partial charge in [-0.05, 0) is 38.2 Å². The van der Waals surface area contributed by atoms with Crippen LogP contribution in [0.5, 0.6) is 0 Å². The second kappa shape index (κ2) is 5.64. The second-order valence-corrected chi connectivity index (χ2v) is 4.95. The van der Waals surface area contributed by atoms with Crippen LogP contribution in [0.25, 0.3) is 0 Å². The molecule has 0 saturated heterocycles. The SMILES string of the molecule is CCC(N)C(c1ccc(Br)cc1)N(C)C. The quantitative estimate of drug-likeness (QED) is 0.912. The molecule has 0 aliphatic heterocycles. The smallest absolute Gasteiger partial charge is 0.0493 e. The van der Waals surface area contributed by atoms with Crippen LogP contribution in [0.2, 0.25) is 0 Å². The van der Waals surface area contributed by atoms with Gasteiger partial charge in [-0.1, -0.05) is 35.0 Å². The van der Waals surface area contributed by atoms with Crippen molar-refractivity contribution in [2.45, 2.75) is 25.4 Å². The first-order valence-electron chi connectivity index (χ1n) is 5.23. The van der Waals surface area contributed by atoms with Crippen molar-refractivity contribution >= 4 is 15.9 Å². The molecule has 1 aromatic rings. The average molecular weight is 271 g/mol. The van der Waals surface area contributed by atoms with Gasteiger partial charge < -0.3 is 10.6 Å². The van der Waals surface area contributed by atoms with Crippen LogP contribution in [-0.4, -0.2) is 25.0 Å². The van der Waals surface area contributed by atoms with E-state index in [1.54, 1.807) is 0 Å². The average Bonchev–Trinajstić information content (AvgIpc) is 2.20. The molecule has 2 N–H and O–H groups in total. The van der Waals surface area contributed by atoms with Crippen LogP contribution in [0.15, 0.2) is 28.7 Å². The third-order valence-electron chi connectivity index (χ3n) is 2.64. The Balaban J connectivity index is 2.94. The molecule has 0 aliphatic rings. The minimum absolute atomic E-state index is 0.182. The van der Waals surface area contributed by atoms with E-state index in [9.17, 15) is 0 Å². The molecule has 84 valence electrons. The first-order valence-corrected chi connectivity index (χ1v) is 6.03. The molecule has 0 aromatic heterocycles. The molecule has 2 nitrogen and oxygen atoms in total. The molecule has 0 bridgehead atoms. The van der Waals surface area contributed by atoms with Crippen LogP contribution in [0, 0.1) is 0 Å². The number of halogens is 1. The Labute approximate surface area is 101 Å². The van der Waals surface area contributed by atoms with Crippen molar-refractivity contribution in [1.29, 1.82) is 0 Å². The van der Waals surface area contributed by atoms with Gasteiger partial charge in [0, 0.05) is 16.6 Å². The summed E-state index contributed by atoms with van der Waals surface area (Å²) in [7, 11) is 4.14. The third kappa shape index (κ3) is 3.30. The van der Waals surface area contributed by atoms with Crippen molar-refractivity contribution < 1.29 is 0 Å². The van der Waals surface area contributed by atoms with E-state index >= 15 is 0 Å². The normalized spacial score (nSPS) is 15.3. The molecule has 2 atom stereocenters. The highest BCUT2D eigenvalue weighted by molar-refractivity contribution is 9.10. The molecular formula is C12H19BrN2. The minimum Gasteiger partial charge on any atom is -0.326 e. The van der Waals surface area contributed by atoms with Gasteiger partial charge in [0.25, 0.3) is 0 Å². The fourth-order valence-corrected chi connectivity index (χ4v) is 2.08. The predicted octanol–water partition coefficient (Wildman–Crippen LogP) is 2.79. The summed E-state index contributed by atoms with van der Waals surface area (Å²) in [6.45, 7) is 2.13. The van der Waals surface area contributed by atoms with E-state index in [1.165, 1.54) is 5.56 Å². The van der Waals surface area contributed by atoms with Crippen LogP contribution in [0.3, 0.4) is 0 Å². The molecule has 0 spiro atoms. The number of hydrogen-bond donors (Lipinski definition) is 1. The summed E-state index contributed by atoms with van der Waals surface area (Å²) in [6.07, 6.45) is 0.985. The van der Waals surface area contributed by atoms with Gasteiger partial charge >= 0.3 is 0 Å². The lowest BCUT2D eigenvalue weighted by Gasteiger charge is -2.29. The zero-order chi connectivity index (χ0) is 11.4. The highest BCUT2D eigenvalue weighted by Gasteiger charge is 2.20. The molecule has 1 rings (SSSR count). The van der Waals surface area contributed by atoms with Gasteiger partial charge in [-0.2, -0.15) is 0 Å². The maximum atomic E-state index is 6.13. The van der Waals surface area contributed by atoms with Gasteiger partial charge in [-0.15, -0.1) is 0 Å². The van der Waals surface area contributed by atoms with Crippen molar-refractivity contribution in [2.24, 2.45) is 5.73 Å². The van der Waals surface area contributed by atoms with E-state index in [4.69, 9.17) is 5.73 Å². The highest BCUT2D eigenvalue weighted by atomic mass is 79.9. The molecule has 0 aliphatic carbocycles. The first kappa shape index (κ1) is 12.7. The molecule has 3 heteroatoms. The lowest BCUT2D eigenvalue weighted by molar-refractivity contribution is 0.253. The maximum Gasteiger partial charge on any atom is 0.0493 e. The zero-order valence-electron chi connectivity index (χ0n) is 9.57. The molecule has 0 amide bonds. The number of likely N-dealkylation sites (N-methyl/N-ethyl adjacent to an activating group) is 1. The molecule has 15 heavy (non-hydrogen) atoms. The summed E-state index contributed by atoms with van der Waals surface area (Å²) in [5.41, 5.74) is 7.41.